The van der Waals surface area contributed by atoms with E-state index in [9.17, 15) is 4.79 Å². The summed E-state index contributed by atoms with van der Waals surface area (Å²) in [6.07, 6.45) is 1.61. The molecule has 0 saturated carbocycles. The molecule has 2 aromatic heterocycles. The highest BCUT2D eigenvalue weighted by Gasteiger charge is 2.14. The van der Waals surface area contributed by atoms with Crippen molar-refractivity contribution in [1.29, 1.82) is 0 Å². The Morgan fingerprint density at radius 3 is 2.22 bits per heavy atom. The third kappa shape index (κ3) is 4.21. The van der Waals surface area contributed by atoms with Gasteiger partial charge in [-0.25, -0.2) is 0 Å². The fourth-order valence-corrected chi connectivity index (χ4v) is 3.45. The Balaban J connectivity index is 1.94. The van der Waals surface area contributed by atoms with E-state index in [0.717, 1.165) is 17.1 Å². The minimum Gasteiger partial charge on any atom is -0.453 e. The fraction of sp³-hybridized carbons (Fsp3) is 0.250. The van der Waals surface area contributed by atoms with E-state index in [4.69, 9.17) is 32.7 Å². The lowest BCUT2D eigenvalue weighted by Crippen LogP contribution is -2.20. The topological polar surface area (TPSA) is 45.4 Å². The monoisotopic (exact) mass is 406 g/mol. The van der Waals surface area contributed by atoms with Crippen molar-refractivity contribution >= 4 is 23.2 Å². The van der Waals surface area contributed by atoms with Crippen LogP contribution in [0.5, 0.6) is 11.5 Å². The van der Waals surface area contributed by atoms with Gasteiger partial charge in [0.1, 0.15) is 5.75 Å². The summed E-state index contributed by atoms with van der Waals surface area (Å²) in [5.74, 6) is 0.817. The molecule has 0 atom stereocenters. The second kappa shape index (κ2) is 8.21. The number of aryl methyl sites for hydroxylation is 2. The van der Waals surface area contributed by atoms with Crippen LogP contribution in [0.4, 0.5) is 0 Å². The van der Waals surface area contributed by atoms with Crippen LogP contribution in [0.25, 0.3) is 5.69 Å². The average molecular weight is 407 g/mol. The Kier molecular flexibility index (Phi) is 5.95. The molecule has 0 amide bonds. The van der Waals surface area contributed by atoms with Gasteiger partial charge < -0.3 is 18.6 Å². The van der Waals surface area contributed by atoms with Gasteiger partial charge in [-0.05, 0) is 44.2 Å². The molecule has 7 heteroatoms. The largest absolute Gasteiger partial charge is 0.453 e. The fourth-order valence-electron chi connectivity index (χ4n) is 2.90. The van der Waals surface area contributed by atoms with Crippen LogP contribution in [-0.2, 0) is 11.3 Å². The van der Waals surface area contributed by atoms with Crippen LogP contribution in [0.1, 0.15) is 11.4 Å². The summed E-state index contributed by atoms with van der Waals surface area (Å²) in [6, 6.07) is 10.7. The van der Waals surface area contributed by atoms with Crippen molar-refractivity contribution in [2.24, 2.45) is 0 Å². The molecule has 0 aliphatic heterocycles. The summed E-state index contributed by atoms with van der Waals surface area (Å²) in [6.45, 7) is 4.89. The van der Waals surface area contributed by atoms with E-state index in [1.165, 1.54) is 10.6 Å². The normalized spacial score (nSPS) is 11.0. The number of halogens is 2. The quantitative estimate of drug-likeness (QED) is 0.578. The van der Waals surface area contributed by atoms with E-state index < -0.39 is 0 Å². The van der Waals surface area contributed by atoms with Crippen molar-refractivity contribution in [3.05, 3.63) is 74.4 Å². The number of hydrogen-bond donors (Lipinski definition) is 0. The number of benzene rings is 1. The Bertz CT molecular complexity index is 982. The Morgan fingerprint density at radius 1 is 1.00 bits per heavy atom. The lowest BCUT2D eigenvalue weighted by atomic mass is 10.2. The number of rotatable bonds is 6. The van der Waals surface area contributed by atoms with Crippen LogP contribution >= 0.6 is 23.2 Å². The molecule has 0 saturated heterocycles. The van der Waals surface area contributed by atoms with Gasteiger partial charge in [0, 0.05) is 43.0 Å². The lowest BCUT2D eigenvalue weighted by molar-refractivity contribution is 0.186. The summed E-state index contributed by atoms with van der Waals surface area (Å²) >= 11 is 12.9. The first-order valence-electron chi connectivity index (χ1n) is 8.42. The SMILES string of the molecule is COCCn1cc(Oc2c(Cl)cc(-n3c(C)ccc3C)cc2Cl)ccc1=O. The van der Waals surface area contributed by atoms with Crippen molar-refractivity contribution < 1.29 is 9.47 Å². The molecule has 3 rings (SSSR count). The van der Waals surface area contributed by atoms with Crippen LogP contribution < -0.4 is 10.3 Å². The highest BCUT2D eigenvalue weighted by atomic mass is 35.5. The van der Waals surface area contributed by atoms with Crippen molar-refractivity contribution in [2.75, 3.05) is 13.7 Å². The molecule has 2 heterocycles. The molecule has 0 radical (unpaired) electrons. The third-order valence-electron chi connectivity index (χ3n) is 4.22. The van der Waals surface area contributed by atoms with E-state index in [1.807, 2.05) is 38.1 Å². The van der Waals surface area contributed by atoms with E-state index >= 15 is 0 Å². The molecule has 1 aromatic carbocycles. The van der Waals surface area contributed by atoms with Crippen LogP contribution in [0.15, 0.2) is 47.4 Å². The van der Waals surface area contributed by atoms with Crippen LogP contribution in [0, 0.1) is 13.8 Å². The number of aromatic nitrogens is 2. The maximum absolute atomic E-state index is 11.9. The number of methoxy groups -OCH3 is 1. The van der Waals surface area contributed by atoms with Crippen molar-refractivity contribution in [1.82, 2.24) is 9.13 Å². The number of hydrogen-bond acceptors (Lipinski definition) is 3. The second-order valence-electron chi connectivity index (χ2n) is 6.18. The van der Waals surface area contributed by atoms with E-state index in [-0.39, 0.29) is 5.56 Å². The van der Waals surface area contributed by atoms with Gasteiger partial charge in [0.25, 0.3) is 5.56 Å². The van der Waals surface area contributed by atoms with Crippen LogP contribution in [0.3, 0.4) is 0 Å². The predicted molar refractivity (Wildman–Crippen MR) is 108 cm³/mol. The number of ether oxygens (including phenoxy) is 2. The molecule has 3 aromatic rings. The Morgan fingerprint density at radius 2 is 1.63 bits per heavy atom. The molecule has 0 aliphatic carbocycles. The molecule has 5 nitrogen and oxygen atoms in total. The molecular formula is C20H20Cl2N2O3. The average Bonchev–Trinajstić information content (AvgIpc) is 2.96. The zero-order chi connectivity index (χ0) is 19.6. The number of nitrogens with zero attached hydrogens (tertiary/aromatic N) is 2. The van der Waals surface area contributed by atoms with E-state index in [0.29, 0.717) is 34.7 Å². The summed E-state index contributed by atoms with van der Waals surface area (Å²) < 4.78 is 14.5. The van der Waals surface area contributed by atoms with Gasteiger partial charge in [-0.15, -0.1) is 0 Å². The standard InChI is InChI=1S/C20H20Cl2N2O3/c1-13-4-5-14(2)24(13)15-10-17(21)20(18(22)11-15)27-16-6-7-19(25)23(12-16)8-9-26-3/h4-7,10-12H,8-9H2,1-3H3. The smallest absolute Gasteiger partial charge is 0.250 e. The van der Waals surface area contributed by atoms with Gasteiger partial charge in [-0.3, -0.25) is 4.79 Å². The highest BCUT2D eigenvalue weighted by molar-refractivity contribution is 6.37. The van der Waals surface area contributed by atoms with E-state index in [1.54, 1.807) is 19.4 Å². The summed E-state index contributed by atoms with van der Waals surface area (Å²) in [5.41, 5.74) is 2.89. The maximum atomic E-state index is 11.9. The van der Waals surface area contributed by atoms with Crippen molar-refractivity contribution in [2.45, 2.75) is 20.4 Å². The summed E-state index contributed by atoms with van der Waals surface area (Å²) in [5, 5.41) is 0.777. The first-order valence-corrected chi connectivity index (χ1v) is 9.18. The van der Waals surface area contributed by atoms with Gasteiger partial charge in [0.15, 0.2) is 5.75 Å². The van der Waals surface area contributed by atoms with Crippen molar-refractivity contribution in [3.63, 3.8) is 0 Å². The molecule has 142 valence electrons. The molecule has 0 unspecified atom stereocenters. The molecule has 0 aliphatic rings. The third-order valence-corrected chi connectivity index (χ3v) is 4.79. The first-order chi connectivity index (χ1) is 12.9. The molecule has 0 bridgehead atoms. The molecular weight excluding hydrogens is 387 g/mol. The van der Waals surface area contributed by atoms with Gasteiger partial charge in [-0.2, -0.15) is 0 Å². The minimum atomic E-state index is -0.134. The maximum Gasteiger partial charge on any atom is 0.250 e. The highest BCUT2D eigenvalue weighted by Crippen LogP contribution is 2.38. The Hall–Kier alpha value is -2.21. The number of pyridine rings is 1. The zero-order valence-electron chi connectivity index (χ0n) is 15.3. The minimum absolute atomic E-state index is 0.134. The predicted octanol–water partition coefficient (Wildman–Crippen LogP) is 5.00. The summed E-state index contributed by atoms with van der Waals surface area (Å²) in [4.78, 5) is 11.9. The van der Waals surface area contributed by atoms with Crippen molar-refractivity contribution in [3.8, 4) is 17.2 Å². The second-order valence-corrected chi connectivity index (χ2v) is 7.00. The van der Waals surface area contributed by atoms with Crippen LogP contribution in [-0.4, -0.2) is 22.9 Å². The van der Waals surface area contributed by atoms with E-state index in [2.05, 4.69) is 4.57 Å². The molecule has 27 heavy (non-hydrogen) atoms. The molecule has 0 spiro atoms. The lowest BCUT2D eigenvalue weighted by Gasteiger charge is -2.15. The van der Waals surface area contributed by atoms with Gasteiger partial charge >= 0.3 is 0 Å². The summed E-state index contributed by atoms with van der Waals surface area (Å²) in [7, 11) is 1.58. The Labute approximate surface area is 167 Å². The first kappa shape index (κ1) is 19.5. The van der Waals surface area contributed by atoms with Crippen LogP contribution in [0.2, 0.25) is 10.0 Å². The van der Waals surface area contributed by atoms with Gasteiger partial charge in [-0.1, -0.05) is 23.2 Å². The molecule has 0 fully saturated rings. The zero-order valence-corrected chi connectivity index (χ0v) is 16.8. The molecule has 0 N–H and O–H groups in total. The van der Waals surface area contributed by atoms with Gasteiger partial charge in [0.2, 0.25) is 0 Å². The van der Waals surface area contributed by atoms with Gasteiger partial charge in [0.05, 0.1) is 16.7 Å².